The summed E-state index contributed by atoms with van der Waals surface area (Å²) in [6.45, 7) is 1.66. The summed E-state index contributed by atoms with van der Waals surface area (Å²) in [6.07, 6.45) is 0.0885. The van der Waals surface area contributed by atoms with Crippen molar-refractivity contribution in [2.75, 3.05) is 5.32 Å². The second-order valence-electron chi connectivity index (χ2n) is 3.65. The molecular formula is C10H12FN3O3. The maximum Gasteiger partial charge on any atom is 0.306 e. The number of nitrogens with zero attached hydrogens (tertiary/aromatic N) is 1. The Kier molecular flexibility index (Phi) is 4.11. The van der Waals surface area contributed by atoms with E-state index in [1.54, 1.807) is 6.92 Å². The molecule has 3 N–H and O–H groups in total. The maximum absolute atomic E-state index is 13.0. The van der Waals surface area contributed by atoms with E-state index in [1.165, 1.54) is 6.07 Å². The molecule has 0 heterocycles. The number of benzene rings is 1. The molecule has 0 aromatic heterocycles. The van der Waals surface area contributed by atoms with Gasteiger partial charge in [0, 0.05) is 24.2 Å². The third-order valence-corrected chi connectivity index (χ3v) is 1.93. The number of amides is 1. The normalized spacial score (nSPS) is 11.9. The van der Waals surface area contributed by atoms with Crippen molar-refractivity contribution in [2.45, 2.75) is 19.4 Å². The molecule has 1 rings (SSSR count). The molecule has 0 radical (unpaired) electrons. The third-order valence-electron chi connectivity index (χ3n) is 1.93. The van der Waals surface area contributed by atoms with Crippen LogP contribution in [0.25, 0.3) is 0 Å². The minimum absolute atomic E-state index is 0.0885. The minimum atomic E-state index is -0.944. The van der Waals surface area contributed by atoms with Crippen molar-refractivity contribution in [2.24, 2.45) is 5.73 Å². The van der Waals surface area contributed by atoms with Crippen LogP contribution >= 0.6 is 0 Å². The quantitative estimate of drug-likeness (QED) is 0.615. The highest BCUT2D eigenvalue weighted by Crippen LogP contribution is 2.21. The Morgan fingerprint density at radius 2 is 2.29 bits per heavy atom. The molecule has 0 saturated carbocycles. The van der Waals surface area contributed by atoms with Gasteiger partial charge in [0.15, 0.2) is 0 Å². The summed E-state index contributed by atoms with van der Waals surface area (Å²) in [5, 5.41) is 12.9. The van der Waals surface area contributed by atoms with E-state index in [1.807, 2.05) is 0 Å². The Labute approximate surface area is 96.8 Å². The average molecular weight is 241 g/mol. The van der Waals surface area contributed by atoms with Crippen LogP contribution < -0.4 is 11.1 Å². The number of nitro benzene ring substituents is 1. The van der Waals surface area contributed by atoms with Crippen LogP contribution in [-0.4, -0.2) is 16.9 Å². The van der Waals surface area contributed by atoms with Gasteiger partial charge >= 0.3 is 5.69 Å². The van der Waals surface area contributed by atoms with Gasteiger partial charge in [-0.3, -0.25) is 14.9 Å². The van der Waals surface area contributed by atoms with Crippen LogP contribution in [0.5, 0.6) is 0 Å². The number of carbonyl (C=O) groups is 1. The third kappa shape index (κ3) is 3.80. The lowest BCUT2D eigenvalue weighted by Crippen LogP contribution is -2.24. The van der Waals surface area contributed by atoms with Gasteiger partial charge in [-0.2, -0.15) is 4.39 Å². The molecule has 0 aliphatic heterocycles. The summed E-state index contributed by atoms with van der Waals surface area (Å²) in [4.78, 5) is 21.0. The smallest absolute Gasteiger partial charge is 0.306 e. The first-order valence-electron chi connectivity index (χ1n) is 4.89. The van der Waals surface area contributed by atoms with E-state index < -0.39 is 16.4 Å². The summed E-state index contributed by atoms with van der Waals surface area (Å²) < 4.78 is 13.0. The first kappa shape index (κ1) is 13.0. The van der Waals surface area contributed by atoms with Gasteiger partial charge in [-0.25, -0.2) is 0 Å². The van der Waals surface area contributed by atoms with E-state index in [0.717, 1.165) is 12.1 Å². The average Bonchev–Trinajstić information content (AvgIpc) is 2.19. The number of nitro groups is 1. The molecule has 0 saturated heterocycles. The molecule has 1 aromatic rings. The molecule has 0 aliphatic carbocycles. The van der Waals surface area contributed by atoms with Crippen LogP contribution in [0.2, 0.25) is 0 Å². The first-order valence-corrected chi connectivity index (χ1v) is 4.89. The van der Waals surface area contributed by atoms with E-state index in [9.17, 15) is 19.3 Å². The number of nitrogens with two attached hydrogens (primary N) is 1. The van der Waals surface area contributed by atoms with Gasteiger partial charge in [-0.05, 0) is 19.1 Å². The van der Waals surface area contributed by atoms with Gasteiger partial charge in [-0.15, -0.1) is 0 Å². The fourth-order valence-corrected chi connectivity index (χ4v) is 1.23. The second kappa shape index (κ2) is 5.35. The molecular weight excluding hydrogens is 229 g/mol. The van der Waals surface area contributed by atoms with Crippen molar-refractivity contribution in [1.82, 2.24) is 0 Å². The zero-order valence-corrected chi connectivity index (χ0v) is 9.14. The van der Waals surface area contributed by atoms with Crippen LogP contribution in [-0.2, 0) is 4.79 Å². The second-order valence-corrected chi connectivity index (χ2v) is 3.65. The van der Waals surface area contributed by atoms with Crippen LogP contribution in [0.15, 0.2) is 18.2 Å². The van der Waals surface area contributed by atoms with Crippen LogP contribution in [0.3, 0.4) is 0 Å². The number of rotatable bonds is 4. The number of hydrogen-bond acceptors (Lipinski definition) is 4. The van der Waals surface area contributed by atoms with E-state index >= 15 is 0 Å². The molecule has 0 spiro atoms. The molecule has 1 aromatic carbocycles. The Hall–Kier alpha value is -2.02. The fraction of sp³-hybridized carbons (Fsp3) is 0.300. The number of anilines is 1. The minimum Gasteiger partial charge on any atom is -0.327 e. The van der Waals surface area contributed by atoms with Gasteiger partial charge in [0.25, 0.3) is 0 Å². The summed E-state index contributed by atoms with van der Waals surface area (Å²) >= 11 is 0. The fourth-order valence-electron chi connectivity index (χ4n) is 1.23. The van der Waals surface area contributed by atoms with Crippen LogP contribution in [0, 0.1) is 15.9 Å². The van der Waals surface area contributed by atoms with E-state index in [-0.39, 0.29) is 24.1 Å². The predicted molar refractivity (Wildman–Crippen MR) is 60.0 cm³/mol. The maximum atomic E-state index is 13.0. The lowest BCUT2D eigenvalue weighted by atomic mass is 10.2. The number of carbonyl (C=O) groups excluding carboxylic acids is 1. The summed E-state index contributed by atoms with van der Waals surface area (Å²) in [6, 6.07) is 2.83. The SMILES string of the molecule is CC(N)CC(=O)Nc1ccc(F)c([N+](=O)[O-])c1. The van der Waals surface area contributed by atoms with Crippen molar-refractivity contribution >= 4 is 17.3 Å². The van der Waals surface area contributed by atoms with Crippen LogP contribution in [0.4, 0.5) is 15.8 Å². The summed E-state index contributed by atoms with van der Waals surface area (Å²) in [7, 11) is 0. The summed E-state index contributed by atoms with van der Waals surface area (Å²) in [5.74, 6) is -1.32. The largest absolute Gasteiger partial charge is 0.327 e. The van der Waals surface area contributed by atoms with Gasteiger partial charge in [0.2, 0.25) is 11.7 Å². The van der Waals surface area contributed by atoms with Crippen molar-refractivity contribution < 1.29 is 14.1 Å². The molecule has 0 bridgehead atoms. The molecule has 17 heavy (non-hydrogen) atoms. The molecule has 92 valence electrons. The molecule has 0 aliphatic rings. The highest BCUT2D eigenvalue weighted by atomic mass is 19.1. The highest BCUT2D eigenvalue weighted by molar-refractivity contribution is 5.91. The van der Waals surface area contributed by atoms with E-state index in [2.05, 4.69) is 5.32 Å². The summed E-state index contributed by atoms with van der Waals surface area (Å²) in [5.41, 5.74) is 4.91. The van der Waals surface area contributed by atoms with E-state index in [0.29, 0.717) is 0 Å². The van der Waals surface area contributed by atoms with Crippen molar-refractivity contribution in [1.29, 1.82) is 0 Å². The predicted octanol–water partition coefficient (Wildman–Crippen LogP) is 1.41. The molecule has 0 fully saturated rings. The molecule has 6 nitrogen and oxygen atoms in total. The Balaban J connectivity index is 2.82. The molecule has 1 amide bonds. The standard InChI is InChI=1S/C10H12FN3O3/c1-6(12)4-10(15)13-7-2-3-8(11)9(5-7)14(16)17/h2-3,5-6H,4,12H2,1H3,(H,13,15). The lowest BCUT2D eigenvalue weighted by molar-refractivity contribution is -0.387. The Bertz CT molecular complexity index is 448. The van der Waals surface area contributed by atoms with Gasteiger partial charge in [0.1, 0.15) is 0 Å². The van der Waals surface area contributed by atoms with Gasteiger partial charge in [0.05, 0.1) is 4.92 Å². The molecule has 7 heteroatoms. The Morgan fingerprint density at radius 3 is 2.82 bits per heavy atom. The zero-order chi connectivity index (χ0) is 13.0. The van der Waals surface area contributed by atoms with Crippen LogP contribution in [0.1, 0.15) is 13.3 Å². The monoisotopic (exact) mass is 241 g/mol. The lowest BCUT2D eigenvalue weighted by Gasteiger charge is -2.07. The Morgan fingerprint density at radius 1 is 1.65 bits per heavy atom. The molecule has 1 atom stereocenters. The number of nitrogens with one attached hydrogen (secondary N) is 1. The van der Waals surface area contributed by atoms with Crippen molar-refractivity contribution in [3.8, 4) is 0 Å². The van der Waals surface area contributed by atoms with Gasteiger partial charge < -0.3 is 11.1 Å². The zero-order valence-electron chi connectivity index (χ0n) is 9.14. The molecule has 1 unspecified atom stereocenters. The number of halogens is 1. The van der Waals surface area contributed by atoms with Crippen molar-refractivity contribution in [3.05, 3.63) is 34.1 Å². The first-order chi connectivity index (χ1) is 7.90. The van der Waals surface area contributed by atoms with E-state index in [4.69, 9.17) is 5.73 Å². The highest BCUT2D eigenvalue weighted by Gasteiger charge is 2.15. The van der Waals surface area contributed by atoms with Gasteiger partial charge in [-0.1, -0.05) is 0 Å². The van der Waals surface area contributed by atoms with Crippen molar-refractivity contribution in [3.63, 3.8) is 0 Å². The number of hydrogen-bond donors (Lipinski definition) is 2. The topological polar surface area (TPSA) is 98.3 Å².